The molecule has 7 nitrogen and oxygen atoms in total. The highest BCUT2D eigenvalue weighted by Crippen LogP contribution is 2.19. The molecule has 0 aromatic heterocycles. The zero-order valence-corrected chi connectivity index (χ0v) is 15.0. The highest BCUT2D eigenvalue weighted by Gasteiger charge is 2.29. The third-order valence-corrected chi connectivity index (χ3v) is 6.05. The lowest BCUT2D eigenvalue weighted by Crippen LogP contribution is -2.45. The fourth-order valence-electron chi connectivity index (χ4n) is 2.58. The molecule has 1 fully saturated rings. The number of piperidine rings is 1. The Morgan fingerprint density at radius 3 is 2.46 bits per heavy atom. The lowest BCUT2D eigenvalue weighted by atomic mass is 9.98. The Hall–Kier alpha value is -1.64. The van der Waals surface area contributed by atoms with Crippen molar-refractivity contribution in [2.45, 2.75) is 19.4 Å². The van der Waals surface area contributed by atoms with E-state index in [4.69, 9.17) is 4.74 Å². The molecule has 1 heterocycles. The van der Waals surface area contributed by atoms with Gasteiger partial charge in [0.15, 0.2) is 0 Å². The van der Waals surface area contributed by atoms with E-state index in [9.17, 15) is 13.2 Å². The molecule has 0 saturated carbocycles. The molecule has 0 radical (unpaired) electrons. The van der Waals surface area contributed by atoms with Crippen LogP contribution in [0, 0.1) is 5.92 Å². The van der Waals surface area contributed by atoms with Gasteiger partial charge in [0.1, 0.15) is 6.61 Å². The van der Waals surface area contributed by atoms with E-state index >= 15 is 0 Å². The number of hydrogen-bond donors (Lipinski definition) is 1. The van der Waals surface area contributed by atoms with E-state index in [1.54, 1.807) is 0 Å². The molecular weight excluding hydrogens is 330 g/mol. The smallest absolute Gasteiger partial charge is 0.407 e. The van der Waals surface area contributed by atoms with Crippen molar-refractivity contribution < 1.29 is 17.9 Å². The van der Waals surface area contributed by atoms with E-state index in [0.29, 0.717) is 19.6 Å². The molecule has 0 aliphatic carbocycles. The average Bonchev–Trinajstić information content (AvgIpc) is 2.59. The molecule has 24 heavy (non-hydrogen) atoms. The summed E-state index contributed by atoms with van der Waals surface area (Å²) in [6.45, 7) is 1.70. The number of nitrogens with one attached hydrogen (secondary N) is 1. The van der Waals surface area contributed by atoms with Gasteiger partial charge in [-0.3, -0.25) is 0 Å². The van der Waals surface area contributed by atoms with E-state index in [0.717, 1.165) is 18.4 Å². The molecule has 1 aliphatic rings. The third-order valence-electron chi connectivity index (χ3n) is 4.11. The normalized spacial score (nSPS) is 17.0. The molecule has 0 unspecified atom stereocenters. The number of nitrogens with zero attached hydrogens (tertiary/aromatic N) is 2. The maximum Gasteiger partial charge on any atom is 0.407 e. The molecule has 0 spiro atoms. The molecule has 0 bridgehead atoms. The largest absolute Gasteiger partial charge is 0.445 e. The van der Waals surface area contributed by atoms with Crippen molar-refractivity contribution in [3.63, 3.8) is 0 Å². The number of carbonyl (C=O) groups is 1. The zero-order valence-electron chi connectivity index (χ0n) is 14.1. The van der Waals surface area contributed by atoms with Crippen molar-refractivity contribution >= 4 is 16.3 Å². The summed E-state index contributed by atoms with van der Waals surface area (Å²) in [5.41, 5.74) is 0.940. The van der Waals surface area contributed by atoms with Gasteiger partial charge in [0, 0.05) is 33.7 Å². The van der Waals surface area contributed by atoms with E-state index in [1.165, 1.54) is 22.7 Å². The van der Waals surface area contributed by atoms with Crippen molar-refractivity contribution in [2.24, 2.45) is 5.92 Å². The van der Waals surface area contributed by atoms with Crippen molar-refractivity contribution in [3.8, 4) is 0 Å². The van der Waals surface area contributed by atoms with Gasteiger partial charge in [-0.15, -0.1) is 0 Å². The highest BCUT2D eigenvalue weighted by molar-refractivity contribution is 7.86. The van der Waals surface area contributed by atoms with Crippen LogP contribution in [0.5, 0.6) is 0 Å². The number of benzene rings is 1. The van der Waals surface area contributed by atoms with Crippen molar-refractivity contribution in [1.29, 1.82) is 0 Å². The standard InChI is InChI=1S/C16H25N3O4S/c1-18(2)24(21,22)19-10-8-14(9-11-19)12-17-16(20)23-13-15-6-4-3-5-7-15/h3-7,14H,8-13H2,1-2H3,(H,17,20). The Kier molecular flexibility index (Phi) is 6.59. The zero-order chi connectivity index (χ0) is 17.6. The first-order valence-electron chi connectivity index (χ1n) is 8.01. The topological polar surface area (TPSA) is 79.0 Å². The number of ether oxygens (including phenoxy) is 1. The van der Waals surface area contributed by atoms with E-state index in [2.05, 4.69) is 5.32 Å². The number of rotatable bonds is 6. The summed E-state index contributed by atoms with van der Waals surface area (Å²) < 4.78 is 32.0. The summed E-state index contributed by atoms with van der Waals surface area (Å²) in [7, 11) is -0.272. The second-order valence-electron chi connectivity index (χ2n) is 6.08. The predicted molar refractivity (Wildman–Crippen MR) is 91.5 cm³/mol. The Bertz CT molecular complexity index is 626. The van der Waals surface area contributed by atoms with Crippen LogP contribution in [0.3, 0.4) is 0 Å². The van der Waals surface area contributed by atoms with Gasteiger partial charge < -0.3 is 10.1 Å². The van der Waals surface area contributed by atoms with Crippen LogP contribution in [-0.4, -0.2) is 56.9 Å². The summed E-state index contributed by atoms with van der Waals surface area (Å²) in [5, 5.41) is 2.76. The summed E-state index contributed by atoms with van der Waals surface area (Å²) in [6.07, 6.45) is 1.01. The van der Waals surface area contributed by atoms with Crippen LogP contribution in [0.4, 0.5) is 4.79 Å². The Morgan fingerprint density at radius 1 is 1.25 bits per heavy atom. The van der Waals surface area contributed by atoms with E-state index in [-0.39, 0.29) is 12.5 Å². The van der Waals surface area contributed by atoms with Crippen LogP contribution >= 0.6 is 0 Å². The quantitative estimate of drug-likeness (QED) is 0.837. The van der Waals surface area contributed by atoms with Crippen LogP contribution in [0.15, 0.2) is 30.3 Å². The molecule has 1 amide bonds. The van der Waals surface area contributed by atoms with Crippen LogP contribution < -0.4 is 5.32 Å². The summed E-state index contributed by atoms with van der Waals surface area (Å²) >= 11 is 0. The fourth-order valence-corrected chi connectivity index (χ4v) is 3.71. The van der Waals surface area contributed by atoms with Crippen molar-refractivity contribution in [1.82, 2.24) is 13.9 Å². The van der Waals surface area contributed by atoms with E-state index in [1.807, 2.05) is 30.3 Å². The number of hydrogen-bond acceptors (Lipinski definition) is 4. The minimum Gasteiger partial charge on any atom is -0.445 e. The molecule has 1 aromatic carbocycles. The first-order valence-corrected chi connectivity index (χ1v) is 9.41. The van der Waals surface area contributed by atoms with Gasteiger partial charge in [-0.05, 0) is 24.3 Å². The number of carbonyl (C=O) groups excluding carboxylic acids is 1. The number of amides is 1. The second kappa shape index (κ2) is 8.46. The number of alkyl carbamates (subject to hydrolysis) is 1. The van der Waals surface area contributed by atoms with Crippen LogP contribution in [0.25, 0.3) is 0 Å². The Morgan fingerprint density at radius 2 is 1.88 bits per heavy atom. The first kappa shape index (κ1) is 18.7. The molecular formula is C16H25N3O4S. The summed E-state index contributed by atoms with van der Waals surface area (Å²) in [4.78, 5) is 11.7. The molecule has 1 aromatic rings. The van der Waals surface area contributed by atoms with E-state index < -0.39 is 16.3 Å². The molecule has 8 heteroatoms. The van der Waals surface area contributed by atoms with Gasteiger partial charge in [0.2, 0.25) is 0 Å². The maximum absolute atomic E-state index is 12.0. The van der Waals surface area contributed by atoms with Gasteiger partial charge in [0.25, 0.3) is 10.2 Å². The average molecular weight is 355 g/mol. The van der Waals surface area contributed by atoms with Gasteiger partial charge in [-0.25, -0.2) is 4.79 Å². The first-order chi connectivity index (χ1) is 11.4. The summed E-state index contributed by atoms with van der Waals surface area (Å²) in [6, 6.07) is 9.49. The molecule has 1 N–H and O–H groups in total. The lowest BCUT2D eigenvalue weighted by molar-refractivity contribution is 0.136. The SMILES string of the molecule is CN(C)S(=O)(=O)N1CCC(CNC(=O)OCc2ccccc2)CC1. The fraction of sp³-hybridized carbons (Fsp3) is 0.562. The Labute approximate surface area is 143 Å². The molecule has 2 rings (SSSR count). The molecule has 134 valence electrons. The maximum atomic E-state index is 12.0. The Balaban J connectivity index is 1.68. The third kappa shape index (κ3) is 5.19. The molecule has 1 aliphatic heterocycles. The van der Waals surface area contributed by atoms with Crippen molar-refractivity contribution in [3.05, 3.63) is 35.9 Å². The van der Waals surface area contributed by atoms with Gasteiger partial charge in [-0.2, -0.15) is 17.0 Å². The summed E-state index contributed by atoms with van der Waals surface area (Å²) in [5.74, 6) is 0.267. The van der Waals surface area contributed by atoms with Crippen LogP contribution in [-0.2, 0) is 21.6 Å². The second-order valence-corrected chi connectivity index (χ2v) is 8.22. The van der Waals surface area contributed by atoms with Gasteiger partial charge in [0.05, 0.1) is 0 Å². The van der Waals surface area contributed by atoms with Crippen LogP contribution in [0.2, 0.25) is 0 Å². The molecule has 0 atom stereocenters. The highest BCUT2D eigenvalue weighted by atomic mass is 32.2. The minimum absolute atomic E-state index is 0.242. The van der Waals surface area contributed by atoms with Crippen molar-refractivity contribution in [2.75, 3.05) is 33.7 Å². The minimum atomic E-state index is -3.34. The monoisotopic (exact) mass is 355 g/mol. The predicted octanol–water partition coefficient (Wildman–Crippen LogP) is 1.43. The van der Waals surface area contributed by atoms with Gasteiger partial charge in [-0.1, -0.05) is 30.3 Å². The molecule has 1 saturated heterocycles. The van der Waals surface area contributed by atoms with Crippen LogP contribution in [0.1, 0.15) is 18.4 Å². The van der Waals surface area contributed by atoms with Gasteiger partial charge >= 0.3 is 6.09 Å². The lowest BCUT2D eigenvalue weighted by Gasteiger charge is -2.32.